The van der Waals surface area contributed by atoms with E-state index in [2.05, 4.69) is 34.3 Å². The molecule has 2 N–H and O–H groups in total. The van der Waals surface area contributed by atoms with E-state index in [1.54, 1.807) is 12.4 Å². The highest BCUT2D eigenvalue weighted by Gasteiger charge is 2.32. The van der Waals surface area contributed by atoms with Gasteiger partial charge in [-0.25, -0.2) is 9.78 Å². The van der Waals surface area contributed by atoms with Crippen LogP contribution in [-0.2, 0) is 0 Å². The Morgan fingerprint density at radius 2 is 2.27 bits per heavy atom. The van der Waals surface area contributed by atoms with E-state index < -0.39 is 0 Å². The van der Waals surface area contributed by atoms with Gasteiger partial charge in [-0.2, -0.15) is 0 Å². The fourth-order valence-corrected chi connectivity index (χ4v) is 3.58. The largest absolute Gasteiger partial charge is 0.340 e. The van der Waals surface area contributed by atoms with Crippen molar-refractivity contribution < 1.29 is 4.79 Å². The minimum atomic E-state index is -0.0872. The second-order valence-corrected chi connectivity index (χ2v) is 6.95. The summed E-state index contributed by atoms with van der Waals surface area (Å²) in [6.45, 7) is 4.78. The first kappa shape index (κ1) is 16.6. The molecule has 2 atom stereocenters. The third-order valence-electron chi connectivity index (χ3n) is 5.01. The molecule has 2 aromatic heterocycles. The van der Waals surface area contributed by atoms with E-state index in [0.29, 0.717) is 0 Å². The van der Waals surface area contributed by atoms with Crippen molar-refractivity contribution in [2.45, 2.75) is 38.8 Å². The Kier molecular flexibility index (Phi) is 4.32. The summed E-state index contributed by atoms with van der Waals surface area (Å²) >= 11 is 0. The molecule has 0 bridgehead atoms. The number of aromatic amines is 1. The number of rotatable bonds is 3. The second-order valence-electron chi connectivity index (χ2n) is 6.95. The number of amides is 2. The molecule has 1 aromatic carbocycles. The predicted octanol–water partition coefficient (Wildman–Crippen LogP) is 3.87. The van der Waals surface area contributed by atoms with Crippen molar-refractivity contribution >= 4 is 17.1 Å². The Hall–Kier alpha value is -2.89. The molecule has 1 fully saturated rings. The maximum absolute atomic E-state index is 12.8. The van der Waals surface area contributed by atoms with E-state index in [1.165, 1.54) is 5.56 Å². The third-order valence-corrected chi connectivity index (χ3v) is 5.01. The number of nitrogens with zero attached hydrogens (tertiary/aromatic N) is 3. The molecule has 1 aliphatic heterocycles. The molecular formula is C20H23N5O. The number of nitrogens with one attached hydrogen (secondary N) is 2. The van der Waals surface area contributed by atoms with Crippen molar-refractivity contribution in [3.05, 3.63) is 59.7 Å². The van der Waals surface area contributed by atoms with Gasteiger partial charge in [-0.3, -0.25) is 4.98 Å². The van der Waals surface area contributed by atoms with Crippen LogP contribution in [0.15, 0.2) is 42.7 Å². The molecule has 1 saturated heterocycles. The number of aryl methyl sites for hydroxylation is 1. The van der Waals surface area contributed by atoms with Crippen molar-refractivity contribution in [1.29, 1.82) is 0 Å². The van der Waals surface area contributed by atoms with Crippen LogP contribution in [0.3, 0.4) is 0 Å². The topological polar surface area (TPSA) is 73.9 Å². The number of carbonyl (C=O) groups excluding carboxylic acids is 1. The fourth-order valence-electron chi connectivity index (χ4n) is 3.58. The molecule has 0 spiro atoms. The molecule has 2 amide bonds. The average Bonchev–Trinajstić information content (AvgIpc) is 3.28. The molecule has 4 rings (SSSR count). The molecule has 3 heterocycles. The van der Waals surface area contributed by atoms with Gasteiger partial charge in [-0.05, 0) is 56.0 Å². The highest BCUT2D eigenvalue weighted by molar-refractivity contribution is 5.77. The third kappa shape index (κ3) is 3.14. The van der Waals surface area contributed by atoms with Gasteiger partial charge in [0.05, 0.1) is 23.1 Å². The molecule has 3 aromatic rings. The van der Waals surface area contributed by atoms with Gasteiger partial charge in [0, 0.05) is 18.9 Å². The molecule has 2 unspecified atom stereocenters. The predicted molar refractivity (Wildman–Crippen MR) is 101 cm³/mol. The van der Waals surface area contributed by atoms with E-state index in [1.807, 2.05) is 30.0 Å². The van der Waals surface area contributed by atoms with Crippen LogP contribution >= 0.6 is 0 Å². The van der Waals surface area contributed by atoms with Gasteiger partial charge >= 0.3 is 6.03 Å². The molecule has 134 valence electrons. The molecule has 6 nitrogen and oxygen atoms in total. The molecule has 1 aliphatic rings. The van der Waals surface area contributed by atoms with Gasteiger partial charge in [0.15, 0.2) is 0 Å². The van der Waals surface area contributed by atoms with Crippen molar-refractivity contribution in [2.75, 3.05) is 6.54 Å². The van der Waals surface area contributed by atoms with Crippen LogP contribution < -0.4 is 5.32 Å². The first-order valence-corrected chi connectivity index (χ1v) is 9.05. The number of H-pyrrole nitrogens is 1. The molecular weight excluding hydrogens is 326 g/mol. The summed E-state index contributed by atoms with van der Waals surface area (Å²) in [6.07, 6.45) is 5.43. The summed E-state index contributed by atoms with van der Waals surface area (Å²) in [5.74, 6) is 0.868. The smallest absolute Gasteiger partial charge is 0.318 e. The Morgan fingerprint density at radius 1 is 1.38 bits per heavy atom. The molecule has 0 aliphatic carbocycles. The lowest BCUT2D eigenvalue weighted by atomic mass is 10.1. The Labute approximate surface area is 152 Å². The van der Waals surface area contributed by atoms with E-state index in [0.717, 1.165) is 41.8 Å². The monoisotopic (exact) mass is 349 g/mol. The number of urea groups is 1. The lowest BCUT2D eigenvalue weighted by Gasteiger charge is -2.25. The minimum Gasteiger partial charge on any atom is -0.340 e. The lowest BCUT2D eigenvalue weighted by Crippen LogP contribution is -2.40. The second kappa shape index (κ2) is 6.78. The molecule has 0 saturated carbocycles. The Bertz CT molecular complexity index is 920. The van der Waals surface area contributed by atoms with Crippen LogP contribution in [0.25, 0.3) is 11.0 Å². The minimum absolute atomic E-state index is 0.0104. The first-order valence-electron chi connectivity index (χ1n) is 9.05. The maximum atomic E-state index is 12.8. The Morgan fingerprint density at radius 3 is 3.08 bits per heavy atom. The number of likely N-dealkylation sites (tertiary alicyclic amines) is 1. The highest BCUT2D eigenvalue weighted by Crippen LogP contribution is 2.32. The van der Waals surface area contributed by atoms with E-state index in [-0.39, 0.29) is 18.1 Å². The average molecular weight is 349 g/mol. The van der Waals surface area contributed by atoms with Crippen molar-refractivity contribution in [1.82, 2.24) is 25.2 Å². The number of pyridine rings is 1. The number of hydrogen-bond donors (Lipinski definition) is 2. The highest BCUT2D eigenvalue weighted by atomic mass is 16.2. The normalized spacial score (nSPS) is 18.2. The van der Waals surface area contributed by atoms with Gasteiger partial charge in [0.1, 0.15) is 5.82 Å². The Balaban J connectivity index is 1.52. The van der Waals surface area contributed by atoms with E-state index >= 15 is 0 Å². The first-order chi connectivity index (χ1) is 12.6. The number of fused-ring (bicyclic) bond motifs is 1. The van der Waals surface area contributed by atoms with Crippen LogP contribution in [0, 0.1) is 6.92 Å². The van der Waals surface area contributed by atoms with Crippen LogP contribution in [0.1, 0.15) is 48.8 Å². The van der Waals surface area contributed by atoms with Gasteiger partial charge < -0.3 is 15.2 Å². The summed E-state index contributed by atoms with van der Waals surface area (Å²) in [6, 6.07) is 9.87. The van der Waals surface area contributed by atoms with Gasteiger partial charge in [-0.1, -0.05) is 12.1 Å². The van der Waals surface area contributed by atoms with Crippen LogP contribution in [0.5, 0.6) is 0 Å². The van der Waals surface area contributed by atoms with Gasteiger partial charge in [-0.15, -0.1) is 0 Å². The summed E-state index contributed by atoms with van der Waals surface area (Å²) in [5.41, 5.74) is 4.16. The van der Waals surface area contributed by atoms with E-state index in [9.17, 15) is 4.79 Å². The van der Waals surface area contributed by atoms with E-state index in [4.69, 9.17) is 4.98 Å². The van der Waals surface area contributed by atoms with Gasteiger partial charge in [0.2, 0.25) is 0 Å². The lowest BCUT2D eigenvalue weighted by molar-refractivity contribution is 0.188. The SMILES string of the molecule is Cc1ccc2nc(C3CCCN3C(=O)NC(C)c3cccnc3)[nH]c2c1. The number of hydrogen-bond acceptors (Lipinski definition) is 3. The molecule has 0 radical (unpaired) electrons. The molecule has 6 heteroatoms. The van der Waals surface area contributed by atoms with Crippen molar-refractivity contribution in [2.24, 2.45) is 0 Å². The standard InChI is InChI=1S/C20H23N5O/c1-13-7-8-16-17(11-13)24-19(23-16)18-6-4-10-25(18)20(26)22-14(2)15-5-3-9-21-12-15/h3,5,7-9,11-12,14,18H,4,6,10H2,1-2H3,(H,22,26)(H,23,24). The maximum Gasteiger partial charge on any atom is 0.318 e. The molecule has 26 heavy (non-hydrogen) atoms. The quantitative estimate of drug-likeness (QED) is 0.754. The zero-order chi connectivity index (χ0) is 18.1. The summed E-state index contributed by atoms with van der Waals surface area (Å²) in [5, 5.41) is 3.09. The zero-order valence-electron chi connectivity index (χ0n) is 15.1. The number of imidazole rings is 1. The van der Waals surface area contributed by atoms with Crippen LogP contribution in [0.4, 0.5) is 4.79 Å². The summed E-state index contributed by atoms with van der Waals surface area (Å²) in [4.78, 5) is 27.0. The van der Waals surface area contributed by atoms with Crippen LogP contribution in [-0.4, -0.2) is 32.4 Å². The van der Waals surface area contributed by atoms with Gasteiger partial charge in [0.25, 0.3) is 0 Å². The van der Waals surface area contributed by atoms with Crippen molar-refractivity contribution in [3.63, 3.8) is 0 Å². The summed E-state index contributed by atoms with van der Waals surface area (Å²) < 4.78 is 0. The number of aromatic nitrogens is 3. The number of benzene rings is 1. The number of carbonyl (C=O) groups is 1. The summed E-state index contributed by atoms with van der Waals surface area (Å²) in [7, 11) is 0. The van der Waals surface area contributed by atoms with Crippen LogP contribution in [0.2, 0.25) is 0 Å². The van der Waals surface area contributed by atoms with Crippen molar-refractivity contribution in [3.8, 4) is 0 Å². The zero-order valence-corrected chi connectivity index (χ0v) is 15.1. The fraction of sp³-hybridized carbons (Fsp3) is 0.350.